The standard InChI is InChI=1S/C21H23N3O3/c1-2-21(22)13-18(21)14-6-8-16(9-7-14)23-19(25)15-4-3-5-17(12-15)24-10-11-27-20(24)26/h3-9,12,18H,2,10-11,13,22H2,1H3,(H,23,25)/t18-,21+/m0/s1. The fraction of sp³-hybridized carbons (Fsp3) is 0.333. The zero-order chi connectivity index (χ0) is 19.0. The lowest BCUT2D eigenvalue weighted by atomic mass is 10.0. The largest absolute Gasteiger partial charge is 0.447 e. The number of ether oxygens (including phenoxy) is 1. The van der Waals surface area contributed by atoms with Crippen molar-refractivity contribution in [3.05, 3.63) is 59.7 Å². The second kappa shape index (κ2) is 6.70. The Morgan fingerprint density at radius 3 is 2.70 bits per heavy atom. The van der Waals surface area contributed by atoms with Gasteiger partial charge in [-0.3, -0.25) is 9.69 Å². The summed E-state index contributed by atoms with van der Waals surface area (Å²) in [5.41, 5.74) is 9.32. The zero-order valence-corrected chi connectivity index (χ0v) is 15.3. The molecule has 140 valence electrons. The molecule has 6 nitrogen and oxygen atoms in total. The van der Waals surface area contributed by atoms with Crippen molar-refractivity contribution in [1.82, 2.24) is 0 Å². The Bertz CT molecular complexity index is 880. The second-order valence-electron chi connectivity index (χ2n) is 7.24. The smallest absolute Gasteiger partial charge is 0.414 e. The molecule has 1 saturated carbocycles. The van der Waals surface area contributed by atoms with Crippen molar-refractivity contribution in [3.63, 3.8) is 0 Å². The fourth-order valence-corrected chi connectivity index (χ4v) is 3.61. The van der Waals surface area contributed by atoms with Gasteiger partial charge in [0.25, 0.3) is 5.91 Å². The van der Waals surface area contributed by atoms with Crippen LogP contribution in [0.1, 0.15) is 41.6 Å². The number of benzene rings is 2. The van der Waals surface area contributed by atoms with Crippen LogP contribution in [0.5, 0.6) is 0 Å². The van der Waals surface area contributed by atoms with Gasteiger partial charge in [-0.15, -0.1) is 0 Å². The van der Waals surface area contributed by atoms with Crippen LogP contribution < -0.4 is 16.0 Å². The fourth-order valence-electron chi connectivity index (χ4n) is 3.61. The predicted octanol–water partition coefficient (Wildman–Crippen LogP) is 3.49. The molecule has 2 fully saturated rings. The minimum Gasteiger partial charge on any atom is -0.447 e. The summed E-state index contributed by atoms with van der Waals surface area (Å²) < 4.78 is 4.95. The number of hydrogen-bond acceptors (Lipinski definition) is 4. The molecule has 1 aliphatic carbocycles. The van der Waals surface area contributed by atoms with Crippen LogP contribution >= 0.6 is 0 Å². The first-order valence-corrected chi connectivity index (χ1v) is 9.25. The Hall–Kier alpha value is -2.86. The van der Waals surface area contributed by atoms with Crippen molar-refractivity contribution in [2.24, 2.45) is 5.73 Å². The zero-order valence-electron chi connectivity index (χ0n) is 15.3. The van der Waals surface area contributed by atoms with E-state index in [0.717, 1.165) is 18.5 Å². The summed E-state index contributed by atoms with van der Waals surface area (Å²) in [6.45, 7) is 2.97. The SMILES string of the molecule is CC[C@@]1(N)C[C@H]1c1ccc(NC(=O)c2cccc(N3CCOC3=O)c2)cc1. The van der Waals surface area contributed by atoms with E-state index in [2.05, 4.69) is 12.2 Å². The number of nitrogens with two attached hydrogens (primary N) is 1. The van der Waals surface area contributed by atoms with Crippen LogP contribution in [0.4, 0.5) is 16.2 Å². The van der Waals surface area contributed by atoms with Gasteiger partial charge in [-0.05, 0) is 48.7 Å². The van der Waals surface area contributed by atoms with Crippen LogP contribution in [0.3, 0.4) is 0 Å². The normalized spacial score (nSPS) is 23.9. The highest BCUT2D eigenvalue weighted by molar-refractivity contribution is 6.05. The first-order chi connectivity index (χ1) is 13.0. The van der Waals surface area contributed by atoms with E-state index in [1.807, 2.05) is 24.3 Å². The summed E-state index contributed by atoms with van der Waals surface area (Å²) in [4.78, 5) is 25.8. The van der Waals surface area contributed by atoms with Gasteiger partial charge in [-0.2, -0.15) is 0 Å². The molecule has 4 rings (SSSR count). The Kier molecular flexibility index (Phi) is 4.36. The molecule has 1 heterocycles. The molecule has 27 heavy (non-hydrogen) atoms. The molecular formula is C21H23N3O3. The van der Waals surface area contributed by atoms with Crippen molar-refractivity contribution >= 4 is 23.4 Å². The van der Waals surface area contributed by atoms with E-state index in [-0.39, 0.29) is 17.5 Å². The molecule has 0 unspecified atom stereocenters. The van der Waals surface area contributed by atoms with Crippen molar-refractivity contribution < 1.29 is 14.3 Å². The summed E-state index contributed by atoms with van der Waals surface area (Å²) in [5, 5.41) is 2.90. The maximum absolute atomic E-state index is 12.6. The van der Waals surface area contributed by atoms with Gasteiger partial charge in [-0.1, -0.05) is 25.1 Å². The maximum Gasteiger partial charge on any atom is 0.414 e. The van der Waals surface area contributed by atoms with Crippen molar-refractivity contribution in [1.29, 1.82) is 0 Å². The third-order valence-electron chi connectivity index (χ3n) is 5.53. The maximum atomic E-state index is 12.6. The van der Waals surface area contributed by atoms with Gasteiger partial charge < -0.3 is 15.8 Å². The van der Waals surface area contributed by atoms with Crippen LogP contribution in [-0.2, 0) is 4.74 Å². The average Bonchev–Trinajstić information content (AvgIpc) is 3.19. The van der Waals surface area contributed by atoms with Crippen LogP contribution in [0.2, 0.25) is 0 Å². The molecule has 2 aromatic carbocycles. The summed E-state index contributed by atoms with van der Waals surface area (Å²) in [5.74, 6) is 0.189. The molecular weight excluding hydrogens is 342 g/mol. The number of nitrogens with one attached hydrogen (secondary N) is 1. The number of carbonyl (C=O) groups excluding carboxylic acids is 2. The Balaban J connectivity index is 1.44. The quantitative estimate of drug-likeness (QED) is 0.849. The number of amides is 2. The van der Waals surface area contributed by atoms with Crippen LogP contribution in [-0.4, -0.2) is 30.7 Å². The molecule has 1 saturated heterocycles. The minimum absolute atomic E-state index is 0.0675. The van der Waals surface area contributed by atoms with Crippen molar-refractivity contribution in [3.8, 4) is 0 Å². The van der Waals surface area contributed by atoms with E-state index in [1.165, 1.54) is 10.5 Å². The number of hydrogen-bond donors (Lipinski definition) is 2. The van der Waals surface area contributed by atoms with Gasteiger partial charge in [-0.25, -0.2) is 4.79 Å². The summed E-state index contributed by atoms with van der Waals surface area (Å²) >= 11 is 0. The van der Waals surface area contributed by atoms with E-state index in [1.54, 1.807) is 24.3 Å². The third kappa shape index (κ3) is 3.40. The predicted molar refractivity (Wildman–Crippen MR) is 104 cm³/mol. The molecule has 0 aromatic heterocycles. The first kappa shape index (κ1) is 17.5. The molecule has 3 N–H and O–H groups in total. The lowest BCUT2D eigenvalue weighted by molar-refractivity contribution is 0.102. The van der Waals surface area contributed by atoms with Gasteiger partial charge in [0.2, 0.25) is 0 Å². The van der Waals surface area contributed by atoms with E-state index in [9.17, 15) is 9.59 Å². The lowest BCUT2D eigenvalue weighted by Gasteiger charge is -2.14. The third-order valence-corrected chi connectivity index (χ3v) is 5.53. The summed E-state index contributed by atoms with van der Waals surface area (Å²) in [7, 11) is 0. The average molecular weight is 365 g/mol. The highest BCUT2D eigenvalue weighted by Gasteiger charge is 2.49. The molecule has 2 amide bonds. The number of rotatable bonds is 5. The van der Waals surface area contributed by atoms with Gasteiger partial charge in [0, 0.05) is 28.4 Å². The van der Waals surface area contributed by atoms with Crippen LogP contribution in [0.15, 0.2) is 48.5 Å². The molecule has 0 radical (unpaired) electrons. The van der Waals surface area contributed by atoms with Crippen molar-refractivity contribution in [2.45, 2.75) is 31.2 Å². The lowest BCUT2D eigenvalue weighted by Crippen LogP contribution is -2.23. The van der Waals surface area contributed by atoms with Crippen LogP contribution in [0, 0.1) is 0 Å². The molecule has 1 aliphatic heterocycles. The molecule has 0 spiro atoms. The highest BCUT2D eigenvalue weighted by atomic mass is 16.6. The van der Waals surface area contributed by atoms with Crippen molar-refractivity contribution in [2.75, 3.05) is 23.4 Å². The number of cyclic esters (lactones) is 1. The van der Waals surface area contributed by atoms with Gasteiger partial charge >= 0.3 is 6.09 Å². The van der Waals surface area contributed by atoms with E-state index >= 15 is 0 Å². The summed E-state index contributed by atoms with van der Waals surface area (Å²) in [6.07, 6.45) is 1.60. The topological polar surface area (TPSA) is 84.7 Å². The Labute approximate surface area is 158 Å². The van der Waals surface area contributed by atoms with Gasteiger partial charge in [0.05, 0.1) is 6.54 Å². The first-order valence-electron chi connectivity index (χ1n) is 9.25. The monoisotopic (exact) mass is 365 g/mol. The number of carbonyl (C=O) groups is 2. The van der Waals surface area contributed by atoms with Crippen LogP contribution in [0.25, 0.3) is 0 Å². The van der Waals surface area contributed by atoms with E-state index < -0.39 is 0 Å². The van der Waals surface area contributed by atoms with Gasteiger partial charge in [0.15, 0.2) is 0 Å². The van der Waals surface area contributed by atoms with E-state index in [4.69, 9.17) is 10.5 Å². The Morgan fingerprint density at radius 2 is 2.07 bits per heavy atom. The number of anilines is 2. The molecule has 2 aromatic rings. The molecule has 0 bridgehead atoms. The molecule has 2 aliphatic rings. The number of nitrogens with zero attached hydrogens (tertiary/aromatic N) is 1. The minimum atomic E-state index is -0.383. The second-order valence-corrected chi connectivity index (χ2v) is 7.24. The van der Waals surface area contributed by atoms with Gasteiger partial charge in [0.1, 0.15) is 6.61 Å². The van der Waals surface area contributed by atoms with E-state index in [0.29, 0.717) is 30.3 Å². The summed E-state index contributed by atoms with van der Waals surface area (Å²) in [6, 6.07) is 14.8. The highest BCUT2D eigenvalue weighted by Crippen LogP contribution is 2.51. The molecule has 2 atom stereocenters. The Morgan fingerprint density at radius 1 is 1.30 bits per heavy atom. The molecule has 6 heteroatoms.